The van der Waals surface area contributed by atoms with Crippen LogP contribution in [0.4, 0.5) is 0 Å². The Morgan fingerprint density at radius 2 is 2.08 bits per heavy atom. The third-order valence-corrected chi connectivity index (χ3v) is 2.22. The van der Waals surface area contributed by atoms with E-state index in [-0.39, 0.29) is 18.5 Å². The lowest BCUT2D eigenvalue weighted by atomic mass is 9.98. The Hall–Kier alpha value is -0.450. The Kier molecular flexibility index (Phi) is 2.82. The molecule has 0 saturated carbocycles. The zero-order valence-electron chi connectivity index (χ0n) is 7.44. The van der Waals surface area contributed by atoms with Crippen LogP contribution in [0.3, 0.4) is 0 Å². The Labute approximate surface area is 72.1 Å². The van der Waals surface area contributed by atoms with Crippen LogP contribution in [-0.4, -0.2) is 40.7 Å². The van der Waals surface area contributed by atoms with Crippen molar-refractivity contribution < 1.29 is 10.2 Å². The van der Waals surface area contributed by atoms with Gasteiger partial charge in [0.15, 0.2) is 0 Å². The number of nitrogens with zero attached hydrogens (tertiary/aromatic N) is 1. The minimum atomic E-state index is -0.859. The molecule has 1 aliphatic rings. The zero-order chi connectivity index (χ0) is 9.30. The highest BCUT2D eigenvalue weighted by Gasteiger charge is 2.36. The van der Waals surface area contributed by atoms with Crippen LogP contribution in [0.1, 0.15) is 13.8 Å². The minimum absolute atomic E-state index is 0.196. The highest BCUT2D eigenvalue weighted by Crippen LogP contribution is 2.21. The molecule has 0 aliphatic carbocycles. The van der Waals surface area contributed by atoms with Crippen LogP contribution >= 0.6 is 0 Å². The average Bonchev–Trinajstić information content (AvgIpc) is 2.30. The van der Waals surface area contributed by atoms with Gasteiger partial charge in [-0.05, 0) is 5.92 Å². The normalized spacial score (nSPS) is 35.8. The first-order valence-corrected chi connectivity index (χ1v) is 4.20. The average molecular weight is 172 g/mol. The molecule has 0 fully saturated rings. The summed E-state index contributed by atoms with van der Waals surface area (Å²) in [4.78, 5) is 4.16. The predicted octanol–water partition coefficient (Wildman–Crippen LogP) is -0.854. The van der Waals surface area contributed by atoms with Crippen molar-refractivity contribution in [2.24, 2.45) is 16.6 Å². The van der Waals surface area contributed by atoms with Gasteiger partial charge >= 0.3 is 0 Å². The number of hydrogen-bond donors (Lipinski definition) is 3. The number of aliphatic hydroxyl groups is 2. The lowest BCUT2D eigenvalue weighted by Gasteiger charge is -2.17. The fourth-order valence-corrected chi connectivity index (χ4v) is 1.44. The molecule has 4 heteroatoms. The molecule has 4 nitrogen and oxygen atoms in total. The van der Waals surface area contributed by atoms with E-state index in [0.717, 1.165) is 0 Å². The molecule has 3 atom stereocenters. The SMILES string of the molecule is CC(C)C1N=C(CN)[C@H](O)[C@@H]1O. The van der Waals surface area contributed by atoms with Gasteiger partial charge in [0.1, 0.15) is 12.2 Å². The van der Waals surface area contributed by atoms with Gasteiger partial charge in [0, 0.05) is 6.54 Å². The molecular formula is C8H16N2O2. The van der Waals surface area contributed by atoms with Crippen LogP contribution in [0.15, 0.2) is 4.99 Å². The van der Waals surface area contributed by atoms with Crippen LogP contribution < -0.4 is 5.73 Å². The van der Waals surface area contributed by atoms with Crippen molar-refractivity contribution in [3.05, 3.63) is 0 Å². The van der Waals surface area contributed by atoms with Crippen molar-refractivity contribution in [1.82, 2.24) is 0 Å². The van der Waals surface area contributed by atoms with E-state index in [1.165, 1.54) is 0 Å². The minimum Gasteiger partial charge on any atom is -0.388 e. The predicted molar refractivity (Wildman–Crippen MR) is 47.1 cm³/mol. The Balaban J connectivity index is 2.74. The number of rotatable bonds is 2. The fraction of sp³-hybridized carbons (Fsp3) is 0.875. The highest BCUT2D eigenvalue weighted by atomic mass is 16.3. The summed E-state index contributed by atoms with van der Waals surface area (Å²) in [5.74, 6) is 0.235. The molecule has 0 amide bonds. The second-order valence-corrected chi connectivity index (χ2v) is 3.49. The van der Waals surface area contributed by atoms with Crippen molar-refractivity contribution in [3.8, 4) is 0 Å². The van der Waals surface area contributed by atoms with E-state index in [2.05, 4.69) is 4.99 Å². The Bertz CT molecular complexity index is 191. The summed E-state index contributed by atoms with van der Waals surface area (Å²) in [6, 6.07) is -0.196. The van der Waals surface area contributed by atoms with Crippen molar-refractivity contribution in [2.45, 2.75) is 32.1 Å². The summed E-state index contributed by atoms with van der Waals surface area (Å²) in [6.07, 6.45) is -1.63. The number of aliphatic imine (C=N–C) groups is 1. The summed E-state index contributed by atoms with van der Waals surface area (Å²) >= 11 is 0. The Morgan fingerprint density at radius 1 is 1.50 bits per heavy atom. The largest absolute Gasteiger partial charge is 0.388 e. The van der Waals surface area contributed by atoms with Gasteiger partial charge in [0.05, 0.1) is 11.8 Å². The quantitative estimate of drug-likeness (QED) is 0.507. The van der Waals surface area contributed by atoms with Crippen molar-refractivity contribution in [2.75, 3.05) is 6.54 Å². The van der Waals surface area contributed by atoms with Crippen LogP contribution in [0, 0.1) is 5.92 Å². The molecule has 0 aromatic heterocycles. The monoisotopic (exact) mass is 172 g/mol. The van der Waals surface area contributed by atoms with E-state index in [4.69, 9.17) is 5.73 Å². The van der Waals surface area contributed by atoms with Crippen molar-refractivity contribution in [3.63, 3.8) is 0 Å². The van der Waals surface area contributed by atoms with Gasteiger partial charge < -0.3 is 15.9 Å². The lowest BCUT2D eigenvalue weighted by Crippen LogP contribution is -2.37. The summed E-state index contributed by atoms with van der Waals surface area (Å²) < 4.78 is 0. The number of hydrogen-bond acceptors (Lipinski definition) is 4. The van der Waals surface area contributed by atoms with Crippen molar-refractivity contribution in [1.29, 1.82) is 0 Å². The molecule has 0 aromatic carbocycles. The maximum atomic E-state index is 9.51. The van der Waals surface area contributed by atoms with Gasteiger partial charge in [-0.15, -0.1) is 0 Å². The van der Waals surface area contributed by atoms with E-state index in [9.17, 15) is 10.2 Å². The van der Waals surface area contributed by atoms with Gasteiger partial charge in [-0.2, -0.15) is 0 Å². The third kappa shape index (κ3) is 1.50. The molecule has 1 rings (SSSR count). The van der Waals surface area contributed by atoms with Crippen LogP contribution in [0.2, 0.25) is 0 Å². The molecule has 0 spiro atoms. The first kappa shape index (κ1) is 9.64. The third-order valence-electron chi connectivity index (χ3n) is 2.22. The van der Waals surface area contributed by atoms with Gasteiger partial charge in [-0.25, -0.2) is 0 Å². The molecule has 70 valence electrons. The summed E-state index contributed by atoms with van der Waals surface area (Å²) in [6.45, 7) is 4.15. The second kappa shape index (κ2) is 3.51. The molecule has 12 heavy (non-hydrogen) atoms. The van der Waals surface area contributed by atoms with Gasteiger partial charge in [-0.3, -0.25) is 4.99 Å². The van der Waals surface area contributed by atoms with E-state index < -0.39 is 12.2 Å². The van der Waals surface area contributed by atoms with Gasteiger partial charge in [0.2, 0.25) is 0 Å². The van der Waals surface area contributed by atoms with E-state index >= 15 is 0 Å². The van der Waals surface area contributed by atoms with Crippen LogP contribution in [0.5, 0.6) is 0 Å². The molecule has 0 bridgehead atoms. The summed E-state index contributed by atoms with van der Waals surface area (Å²) in [7, 11) is 0. The fourth-order valence-electron chi connectivity index (χ4n) is 1.44. The van der Waals surface area contributed by atoms with Gasteiger partial charge in [-0.1, -0.05) is 13.8 Å². The smallest absolute Gasteiger partial charge is 0.121 e. The highest BCUT2D eigenvalue weighted by molar-refractivity contribution is 5.92. The van der Waals surface area contributed by atoms with E-state index in [1.807, 2.05) is 13.8 Å². The molecule has 0 aromatic rings. The molecule has 1 unspecified atom stereocenters. The maximum absolute atomic E-state index is 9.51. The molecule has 1 heterocycles. The molecule has 1 aliphatic heterocycles. The molecule has 4 N–H and O–H groups in total. The first-order valence-electron chi connectivity index (χ1n) is 4.20. The molecule has 0 saturated heterocycles. The maximum Gasteiger partial charge on any atom is 0.121 e. The topological polar surface area (TPSA) is 78.8 Å². The van der Waals surface area contributed by atoms with Crippen LogP contribution in [-0.2, 0) is 0 Å². The number of nitrogens with two attached hydrogens (primary N) is 1. The van der Waals surface area contributed by atoms with E-state index in [1.54, 1.807) is 0 Å². The number of aliphatic hydroxyl groups excluding tert-OH is 2. The summed E-state index contributed by atoms with van der Waals surface area (Å²) in [5.41, 5.74) is 5.86. The Morgan fingerprint density at radius 3 is 2.33 bits per heavy atom. The zero-order valence-corrected chi connectivity index (χ0v) is 7.44. The lowest BCUT2D eigenvalue weighted by molar-refractivity contribution is 0.0448. The van der Waals surface area contributed by atoms with Gasteiger partial charge in [0.25, 0.3) is 0 Å². The first-order chi connectivity index (χ1) is 5.57. The summed E-state index contributed by atoms with van der Waals surface area (Å²) in [5, 5.41) is 18.9. The second-order valence-electron chi connectivity index (χ2n) is 3.49. The molecular weight excluding hydrogens is 156 g/mol. The van der Waals surface area contributed by atoms with Crippen molar-refractivity contribution >= 4 is 5.71 Å². The van der Waals surface area contributed by atoms with Crippen LogP contribution in [0.25, 0.3) is 0 Å². The van der Waals surface area contributed by atoms with E-state index in [0.29, 0.717) is 5.71 Å². The standard InChI is InChI=1S/C8H16N2O2/c1-4(2)6-8(12)7(11)5(3-9)10-6/h4,6-8,11-12H,3,9H2,1-2H3/t6?,7-,8+/m0/s1. The molecule has 0 radical (unpaired) electrons.